The Morgan fingerprint density at radius 1 is 1.30 bits per heavy atom. The minimum absolute atomic E-state index is 0.123. The van der Waals surface area contributed by atoms with Crippen LogP contribution in [-0.4, -0.2) is 45.0 Å². The largest absolute Gasteiger partial charge is 0.496 e. The molecule has 0 N–H and O–H groups in total. The molecule has 1 aliphatic rings. The van der Waals surface area contributed by atoms with Gasteiger partial charge in [-0.15, -0.1) is 10.2 Å². The second kappa shape index (κ2) is 9.08. The van der Waals surface area contributed by atoms with E-state index in [-0.39, 0.29) is 5.91 Å². The molecule has 0 atom stereocenters. The number of nitrogens with zero attached hydrogens (tertiary/aromatic N) is 4. The quantitative estimate of drug-likeness (QED) is 0.676. The monoisotopic (exact) mass is 386 g/mol. The van der Waals surface area contributed by atoms with Crippen LogP contribution in [0.15, 0.2) is 41.2 Å². The minimum atomic E-state index is 0.123. The van der Waals surface area contributed by atoms with Gasteiger partial charge in [0.25, 0.3) is 0 Å². The van der Waals surface area contributed by atoms with Crippen molar-refractivity contribution in [1.29, 1.82) is 0 Å². The van der Waals surface area contributed by atoms with Gasteiger partial charge in [0.05, 0.1) is 18.4 Å². The van der Waals surface area contributed by atoms with E-state index in [4.69, 9.17) is 4.74 Å². The molecule has 0 unspecified atom stereocenters. The lowest BCUT2D eigenvalue weighted by atomic mass is 10.0. The fraction of sp³-hybridized carbons (Fsp3) is 0.450. The number of thioether (sulfide) groups is 1. The Labute approximate surface area is 164 Å². The highest BCUT2D eigenvalue weighted by Crippen LogP contribution is 2.30. The smallest absolute Gasteiger partial charge is 0.237 e. The van der Waals surface area contributed by atoms with E-state index in [9.17, 15) is 4.79 Å². The minimum Gasteiger partial charge on any atom is -0.496 e. The molecular weight excluding hydrogens is 360 g/mol. The molecule has 1 aromatic heterocycles. The molecule has 7 heteroatoms. The summed E-state index contributed by atoms with van der Waals surface area (Å²) in [6.07, 6.45) is 6.64. The maximum absolute atomic E-state index is 12.7. The summed E-state index contributed by atoms with van der Waals surface area (Å²) >= 11 is 1.42. The van der Waals surface area contributed by atoms with Crippen LogP contribution in [0, 0.1) is 0 Å². The predicted octanol–water partition coefficient (Wildman–Crippen LogP) is 3.89. The zero-order valence-electron chi connectivity index (χ0n) is 16.1. The standard InChI is InChI=1S/C20H26N4O2S/c1-4-24(15-10-6-5-7-11-15)18(25)14-27-20-22-21-19(23(20)2)16-12-8-9-13-17(16)26-3/h8-10,12-13H,4-7,11,14H2,1-3H3. The van der Waals surface area contributed by atoms with Crippen molar-refractivity contribution in [2.75, 3.05) is 19.4 Å². The summed E-state index contributed by atoms with van der Waals surface area (Å²) < 4.78 is 7.33. The van der Waals surface area contributed by atoms with Crippen molar-refractivity contribution < 1.29 is 9.53 Å². The molecule has 0 spiro atoms. The summed E-state index contributed by atoms with van der Waals surface area (Å²) in [5, 5.41) is 9.30. The Morgan fingerprint density at radius 2 is 2.11 bits per heavy atom. The number of para-hydroxylation sites is 1. The van der Waals surface area contributed by atoms with Crippen molar-refractivity contribution >= 4 is 17.7 Å². The molecular formula is C20H26N4O2S. The number of rotatable bonds is 7. The number of hydrogen-bond acceptors (Lipinski definition) is 5. The van der Waals surface area contributed by atoms with Crippen LogP contribution in [0.25, 0.3) is 11.4 Å². The Morgan fingerprint density at radius 3 is 2.81 bits per heavy atom. The number of methoxy groups -OCH3 is 1. The van der Waals surface area contributed by atoms with E-state index < -0.39 is 0 Å². The number of ether oxygens (including phenoxy) is 1. The van der Waals surface area contributed by atoms with E-state index >= 15 is 0 Å². The topological polar surface area (TPSA) is 60.3 Å². The van der Waals surface area contributed by atoms with Crippen LogP contribution >= 0.6 is 11.8 Å². The highest BCUT2D eigenvalue weighted by atomic mass is 32.2. The van der Waals surface area contributed by atoms with E-state index in [1.54, 1.807) is 7.11 Å². The third-order valence-electron chi connectivity index (χ3n) is 4.74. The van der Waals surface area contributed by atoms with Gasteiger partial charge in [-0.3, -0.25) is 4.79 Å². The summed E-state index contributed by atoms with van der Waals surface area (Å²) in [5.74, 6) is 1.95. The van der Waals surface area contributed by atoms with Crippen molar-refractivity contribution in [3.63, 3.8) is 0 Å². The van der Waals surface area contributed by atoms with Crippen LogP contribution in [0.2, 0.25) is 0 Å². The summed E-state index contributed by atoms with van der Waals surface area (Å²) in [6.45, 7) is 2.73. The second-order valence-corrected chi connectivity index (χ2v) is 7.38. The number of benzene rings is 1. The molecule has 0 radical (unpaired) electrons. The molecule has 1 aliphatic carbocycles. The summed E-state index contributed by atoms with van der Waals surface area (Å²) in [5.41, 5.74) is 2.05. The SMILES string of the molecule is CCN(C(=O)CSc1nnc(-c2ccccc2OC)n1C)C1=CCCCC1. The predicted molar refractivity (Wildman–Crippen MR) is 108 cm³/mol. The van der Waals surface area contributed by atoms with E-state index in [0.29, 0.717) is 12.3 Å². The van der Waals surface area contributed by atoms with Crippen molar-refractivity contribution in [3.8, 4) is 17.1 Å². The molecule has 1 aromatic carbocycles. The van der Waals surface area contributed by atoms with Crippen molar-refractivity contribution in [1.82, 2.24) is 19.7 Å². The van der Waals surface area contributed by atoms with Gasteiger partial charge < -0.3 is 14.2 Å². The molecule has 0 saturated carbocycles. The first-order valence-corrected chi connectivity index (χ1v) is 10.3. The van der Waals surface area contributed by atoms with E-state index in [2.05, 4.69) is 16.3 Å². The zero-order chi connectivity index (χ0) is 19.2. The Balaban J connectivity index is 1.71. The number of carbonyl (C=O) groups is 1. The van der Waals surface area contributed by atoms with Crippen LogP contribution in [0.3, 0.4) is 0 Å². The molecule has 0 bridgehead atoms. The molecule has 3 rings (SSSR count). The summed E-state index contributed by atoms with van der Waals surface area (Å²) in [4.78, 5) is 14.6. The normalized spacial score (nSPS) is 14.0. The van der Waals surface area contributed by atoms with Crippen LogP contribution in [-0.2, 0) is 11.8 Å². The molecule has 0 fully saturated rings. The number of carbonyl (C=O) groups excluding carboxylic acids is 1. The summed E-state index contributed by atoms with van der Waals surface area (Å²) in [6, 6.07) is 7.72. The van der Waals surface area contributed by atoms with Crippen LogP contribution in [0.1, 0.15) is 32.6 Å². The van der Waals surface area contributed by atoms with Crippen molar-refractivity contribution in [2.24, 2.45) is 7.05 Å². The van der Waals surface area contributed by atoms with Gasteiger partial charge in [-0.1, -0.05) is 30.0 Å². The fourth-order valence-corrected chi connectivity index (χ4v) is 4.10. The number of allylic oxidation sites excluding steroid dienone is 2. The first-order valence-electron chi connectivity index (χ1n) is 9.30. The van der Waals surface area contributed by atoms with Gasteiger partial charge in [-0.2, -0.15) is 0 Å². The molecule has 0 aliphatic heterocycles. The first-order chi connectivity index (χ1) is 13.2. The van der Waals surface area contributed by atoms with Gasteiger partial charge in [-0.25, -0.2) is 0 Å². The van der Waals surface area contributed by atoms with Gasteiger partial charge in [0.1, 0.15) is 5.75 Å². The van der Waals surface area contributed by atoms with E-state index in [1.165, 1.54) is 23.9 Å². The second-order valence-electron chi connectivity index (χ2n) is 6.43. The van der Waals surface area contributed by atoms with Gasteiger partial charge in [0.15, 0.2) is 11.0 Å². The van der Waals surface area contributed by atoms with E-state index in [0.717, 1.165) is 41.6 Å². The summed E-state index contributed by atoms with van der Waals surface area (Å²) in [7, 11) is 3.55. The molecule has 1 heterocycles. The Bertz CT molecular complexity index is 831. The number of hydrogen-bond donors (Lipinski definition) is 0. The van der Waals surface area contributed by atoms with Crippen LogP contribution in [0.5, 0.6) is 5.75 Å². The maximum Gasteiger partial charge on any atom is 0.237 e. The zero-order valence-corrected chi connectivity index (χ0v) is 17.0. The van der Waals surface area contributed by atoms with E-state index in [1.807, 2.05) is 47.7 Å². The van der Waals surface area contributed by atoms with Crippen molar-refractivity contribution in [3.05, 3.63) is 36.0 Å². The Hall–Kier alpha value is -2.28. The highest BCUT2D eigenvalue weighted by Gasteiger charge is 2.20. The molecule has 0 saturated heterocycles. The average molecular weight is 387 g/mol. The molecule has 27 heavy (non-hydrogen) atoms. The van der Waals surface area contributed by atoms with Gasteiger partial charge >= 0.3 is 0 Å². The number of aromatic nitrogens is 3. The highest BCUT2D eigenvalue weighted by molar-refractivity contribution is 7.99. The Kier molecular flexibility index (Phi) is 6.55. The van der Waals surface area contributed by atoms with Crippen molar-refractivity contribution in [2.45, 2.75) is 37.8 Å². The first kappa shape index (κ1) is 19.5. The van der Waals surface area contributed by atoms with Gasteiger partial charge in [0.2, 0.25) is 5.91 Å². The molecule has 144 valence electrons. The fourth-order valence-electron chi connectivity index (χ4n) is 3.31. The average Bonchev–Trinajstić information content (AvgIpc) is 3.08. The number of amides is 1. The third kappa shape index (κ3) is 4.35. The molecule has 6 nitrogen and oxygen atoms in total. The van der Waals surface area contributed by atoms with Gasteiger partial charge in [0, 0.05) is 19.3 Å². The maximum atomic E-state index is 12.7. The lowest BCUT2D eigenvalue weighted by molar-refractivity contribution is -0.126. The van der Waals surface area contributed by atoms with Crippen LogP contribution < -0.4 is 4.74 Å². The molecule has 1 amide bonds. The third-order valence-corrected chi connectivity index (χ3v) is 5.74. The van der Waals surface area contributed by atoms with Crippen LogP contribution in [0.4, 0.5) is 0 Å². The molecule has 2 aromatic rings. The lowest BCUT2D eigenvalue weighted by Crippen LogP contribution is -2.32. The van der Waals surface area contributed by atoms with Gasteiger partial charge in [-0.05, 0) is 44.7 Å². The lowest BCUT2D eigenvalue weighted by Gasteiger charge is -2.26.